The van der Waals surface area contributed by atoms with Crippen molar-refractivity contribution in [1.82, 2.24) is 4.98 Å². The third-order valence-corrected chi connectivity index (χ3v) is 8.99. The first-order valence-corrected chi connectivity index (χ1v) is 13.6. The van der Waals surface area contributed by atoms with Gasteiger partial charge in [0.05, 0.1) is 32.6 Å². The van der Waals surface area contributed by atoms with E-state index in [9.17, 15) is 15.3 Å². The van der Waals surface area contributed by atoms with Crippen LogP contribution in [0, 0.1) is 22.7 Å². The molecule has 5 rings (SSSR count). The molecule has 1 amide bonds. The van der Waals surface area contributed by atoms with Crippen LogP contribution in [0.5, 0.6) is 17.2 Å². The van der Waals surface area contributed by atoms with Crippen molar-refractivity contribution in [2.75, 3.05) is 38.1 Å². The van der Waals surface area contributed by atoms with E-state index in [1.54, 1.807) is 12.1 Å². The Morgan fingerprint density at radius 2 is 1.67 bits per heavy atom. The van der Waals surface area contributed by atoms with E-state index in [2.05, 4.69) is 22.4 Å². The molecule has 0 atom stereocenters. The number of ether oxygens (including phenoxy) is 3. The number of aryl methyl sites for hydroxylation is 1. The molecule has 5 N–H and O–H groups in total. The first kappa shape index (κ1) is 26.1. The molecule has 1 aromatic carbocycles. The molecule has 1 aliphatic rings. The summed E-state index contributed by atoms with van der Waals surface area (Å²) in [6.45, 7) is 0. The number of rotatable bonds is 6. The highest BCUT2D eigenvalue weighted by atomic mass is 32.1. The number of pyridine rings is 1. The van der Waals surface area contributed by atoms with Gasteiger partial charge in [0.15, 0.2) is 11.5 Å². The fraction of sp³-hybridized carbons (Fsp3) is 0.259. The smallest absolute Gasteiger partial charge is 0.268 e. The number of nitrogens with zero attached hydrogens (tertiary/aromatic N) is 3. The lowest BCUT2D eigenvalue weighted by Gasteiger charge is -2.16. The van der Waals surface area contributed by atoms with E-state index in [4.69, 9.17) is 25.7 Å². The summed E-state index contributed by atoms with van der Waals surface area (Å²) in [5.41, 5.74) is 15.5. The molecule has 0 saturated carbocycles. The van der Waals surface area contributed by atoms with Crippen LogP contribution in [0.2, 0.25) is 0 Å². The van der Waals surface area contributed by atoms with Gasteiger partial charge in [-0.2, -0.15) is 10.5 Å². The molecule has 4 aromatic rings. The summed E-state index contributed by atoms with van der Waals surface area (Å²) in [4.78, 5) is 19.6. The van der Waals surface area contributed by atoms with Gasteiger partial charge in [-0.1, -0.05) is 0 Å². The van der Waals surface area contributed by atoms with E-state index < -0.39 is 5.91 Å². The third kappa shape index (κ3) is 4.24. The summed E-state index contributed by atoms with van der Waals surface area (Å²) in [5.74, 6) is 0.664. The molecule has 0 bridgehead atoms. The van der Waals surface area contributed by atoms with Crippen LogP contribution in [0.25, 0.3) is 21.3 Å². The van der Waals surface area contributed by atoms with Crippen LogP contribution in [0.4, 0.5) is 16.5 Å². The maximum atomic E-state index is 13.5. The maximum absolute atomic E-state index is 13.5. The summed E-state index contributed by atoms with van der Waals surface area (Å²) in [7, 11) is 4.47. The van der Waals surface area contributed by atoms with Crippen molar-refractivity contribution in [1.29, 1.82) is 10.5 Å². The molecule has 198 valence electrons. The third-order valence-electron chi connectivity index (χ3n) is 6.69. The highest BCUT2D eigenvalue weighted by Gasteiger charge is 2.28. The van der Waals surface area contributed by atoms with E-state index >= 15 is 0 Å². The van der Waals surface area contributed by atoms with Gasteiger partial charge < -0.3 is 31.0 Å². The van der Waals surface area contributed by atoms with Gasteiger partial charge >= 0.3 is 0 Å². The number of carbonyl (C=O) groups is 1. The fourth-order valence-electron chi connectivity index (χ4n) is 4.90. The second kappa shape index (κ2) is 10.3. The van der Waals surface area contributed by atoms with Gasteiger partial charge in [0.25, 0.3) is 5.91 Å². The Hall–Kier alpha value is -4.52. The van der Waals surface area contributed by atoms with Crippen molar-refractivity contribution in [3.63, 3.8) is 0 Å². The molecule has 0 spiro atoms. The van der Waals surface area contributed by atoms with Crippen molar-refractivity contribution >= 4 is 55.3 Å². The quantitative estimate of drug-likeness (QED) is 0.291. The van der Waals surface area contributed by atoms with E-state index in [1.807, 2.05) is 0 Å². The zero-order valence-corrected chi connectivity index (χ0v) is 23.1. The molecule has 10 nitrogen and oxygen atoms in total. The van der Waals surface area contributed by atoms with Crippen LogP contribution in [0.1, 0.15) is 44.1 Å². The molecule has 12 heteroatoms. The zero-order valence-electron chi connectivity index (χ0n) is 21.4. The van der Waals surface area contributed by atoms with Gasteiger partial charge in [0.2, 0.25) is 5.75 Å². The topological polar surface area (TPSA) is 169 Å². The SMILES string of the molecule is COc1cc(-c2c(C#N)c(N)nc3sc(C(=O)Nc4sc5c(c4C#N)CCCC5)c(N)c23)cc(OC)c1OC. The molecule has 3 aromatic heterocycles. The molecular weight excluding hydrogens is 536 g/mol. The minimum absolute atomic E-state index is 0.000316. The summed E-state index contributed by atoms with van der Waals surface area (Å²) < 4.78 is 16.4. The zero-order chi connectivity index (χ0) is 27.8. The van der Waals surface area contributed by atoms with Crippen molar-refractivity contribution in [2.45, 2.75) is 25.7 Å². The molecule has 0 aliphatic heterocycles. The van der Waals surface area contributed by atoms with E-state index in [0.29, 0.717) is 49.2 Å². The summed E-state index contributed by atoms with van der Waals surface area (Å²) in [6.07, 6.45) is 3.81. The average Bonchev–Trinajstić information content (AvgIpc) is 3.47. The number of hydrogen-bond donors (Lipinski definition) is 3. The number of carbonyl (C=O) groups excluding carboxylic acids is 1. The first-order chi connectivity index (χ1) is 18.9. The number of anilines is 3. The van der Waals surface area contributed by atoms with Gasteiger partial charge in [0, 0.05) is 15.8 Å². The van der Waals surface area contributed by atoms with Gasteiger partial charge in [-0.25, -0.2) is 4.98 Å². The Labute approximate surface area is 232 Å². The Morgan fingerprint density at radius 3 is 2.28 bits per heavy atom. The Kier molecular flexibility index (Phi) is 6.91. The second-order valence-corrected chi connectivity index (χ2v) is 10.9. The Balaban J connectivity index is 1.67. The van der Waals surface area contributed by atoms with Crippen molar-refractivity contribution < 1.29 is 19.0 Å². The molecule has 1 aliphatic carbocycles. The van der Waals surface area contributed by atoms with Crippen LogP contribution in [-0.2, 0) is 12.8 Å². The normalized spacial score (nSPS) is 12.3. The van der Waals surface area contributed by atoms with Crippen molar-refractivity contribution in [2.24, 2.45) is 0 Å². The van der Waals surface area contributed by atoms with Crippen LogP contribution in [0.15, 0.2) is 12.1 Å². The number of fused-ring (bicyclic) bond motifs is 2. The summed E-state index contributed by atoms with van der Waals surface area (Å²) in [5, 5.41) is 23.6. The van der Waals surface area contributed by atoms with Crippen LogP contribution in [0.3, 0.4) is 0 Å². The van der Waals surface area contributed by atoms with Gasteiger partial charge in [0.1, 0.15) is 38.2 Å². The molecule has 3 heterocycles. The number of aromatic nitrogens is 1. The number of methoxy groups -OCH3 is 3. The van der Waals surface area contributed by atoms with E-state index in [-0.39, 0.29) is 21.9 Å². The Morgan fingerprint density at radius 1 is 1.00 bits per heavy atom. The van der Waals surface area contributed by atoms with Crippen LogP contribution < -0.4 is 31.0 Å². The minimum Gasteiger partial charge on any atom is -0.493 e. The highest BCUT2D eigenvalue weighted by Crippen LogP contribution is 2.47. The summed E-state index contributed by atoms with van der Waals surface area (Å²) in [6, 6.07) is 7.74. The van der Waals surface area contributed by atoms with Gasteiger partial charge in [-0.3, -0.25) is 4.79 Å². The van der Waals surface area contributed by atoms with E-state index in [1.165, 1.54) is 32.7 Å². The fourth-order valence-corrected chi connectivity index (χ4v) is 7.14. The number of hydrogen-bond acceptors (Lipinski definition) is 11. The monoisotopic (exact) mass is 560 g/mol. The lowest BCUT2D eigenvalue weighted by atomic mass is 9.96. The standard InChI is InChI=1S/C27H24N6O4S2/c1-35-16-8-12(9-17(36-2)22(16)37-3)19-15(11-29)24(31)32-27-20(19)21(30)23(39-27)25(34)33-26-14(10-28)13-6-4-5-7-18(13)38-26/h8-9H,4-7,30H2,1-3H3,(H2,31,32)(H,33,34). The predicted molar refractivity (Wildman–Crippen MR) is 152 cm³/mol. The molecule has 39 heavy (non-hydrogen) atoms. The summed E-state index contributed by atoms with van der Waals surface area (Å²) >= 11 is 2.50. The van der Waals surface area contributed by atoms with Crippen LogP contribution >= 0.6 is 22.7 Å². The predicted octanol–water partition coefficient (Wildman–Crippen LogP) is 5.09. The number of nitrogens with one attached hydrogen (secondary N) is 1. The van der Waals surface area contributed by atoms with E-state index in [0.717, 1.165) is 47.5 Å². The van der Waals surface area contributed by atoms with Crippen molar-refractivity contribution in [3.05, 3.63) is 38.6 Å². The van der Waals surface area contributed by atoms with Crippen LogP contribution in [-0.4, -0.2) is 32.2 Å². The Bertz CT molecular complexity index is 1700. The van der Waals surface area contributed by atoms with Gasteiger partial charge in [-0.05, 0) is 48.9 Å². The molecule has 0 radical (unpaired) electrons. The lowest BCUT2D eigenvalue weighted by Crippen LogP contribution is -2.12. The number of nitrogen functional groups attached to an aromatic ring is 2. The largest absolute Gasteiger partial charge is 0.493 e. The molecule has 0 saturated heterocycles. The average molecular weight is 561 g/mol. The number of nitrogens with two attached hydrogens (primary N) is 2. The molecule has 0 unspecified atom stereocenters. The number of benzene rings is 1. The number of thiophene rings is 2. The highest BCUT2D eigenvalue weighted by molar-refractivity contribution is 7.21. The number of nitriles is 2. The second-order valence-electron chi connectivity index (χ2n) is 8.78. The van der Waals surface area contributed by atoms with Gasteiger partial charge in [-0.15, -0.1) is 22.7 Å². The van der Waals surface area contributed by atoms with Crippen molar-refractivity contribution in [3.8, 4) is 40.5 Å². The maximum Gasteiger partial charge on any atom is 0.268 e. The molecular formula is C27H24N6O4S2. The lowest BCUT2D eigenvalue weighted by molar-refractivity contribution is 0.103. The number of amides is 1. The molecule has 0 fully saturated rings. The minimum atomic E-state index is -0.460. The first-order valence-electron chi connectivity index (χ1n) is 11.9.